The first kappa shape index (κ1) is 31.7. The van der Waals surface area contributed by atoms with Crippen LogP contribution in [-0.2, 0) is 9.59 Å². The molecular formula is C22H35F2N3O3. The van der Waals surface area contributed by atoms with Gasteiger partial charge in [0, 0.05) is 32.9 Å². The van der Waals surface area contributed by atoms with Crippen LogP contribution in [0.2, 0.25) is 0 Å². The van der Waals surface area contributed by atoms with Gasteiger partial charge in [0.05, 0.1) is 0 Å². The van der Waals surface area contributed by atoms with Crippen molar-refractivity contribution in [3.8, 4) is 12.8 Å². The Morgan fingerprint density at radius 3 is 2.03 bits per heavy atom. The highest BCUT2D eigenvalue weighted by atomic mass is 19.3. The molecule has 0 saturated heterocycles. The van der Waals surface area contributed by atoms with Gasteiger partial charge >= 0.3 is 6.03 Å². The Morgan fingerprint density at radius 1 is 1.17 bits per heavy atom. The number of imide groups is 1. The second kappa shape index (κ2) is 19.4. The van der Waals surface area contributed by atoms with Crippen LogP contribution in [0.5, 0.6) is 0 Å². The van der Waals surface area contributed by atoms with Crippen LogP contribution in [0, 0.1) is 12.8 Å². The minimum Gasteiger partial charge on any atom is -0.377 e. The third-order valence-corrected chi connectivity index (χ3v) is 3.69. The van der Waals surface area contributed by atoms with Crippen LogP contribution in [0.1, 0.15) is 40.0 Å². The first-order valence-corrected chi connectivity index (χ1v) is 9.43. The summed E-state index contributed by atoms with van der Waals surface area (Å²) < 4.78 is 20.7. The lowest BCUT2D eigenvalue weighted by Crippen LogP contribution is -2.44. The maximum atomic E-state index is 12.8. The van der Waals surface area contributed by atoms with Crippen molar-refractivity contribution in [2.24, 2.45) is 0 Å². The first-order chi connectivity index (χ1) is 14.1. The Hall–Kier alpha value is -2.95. The summed E-state index contributed by atoms with van der Waals surface area (Å²) in [5, 5.41) is 2.40. The minimum atomic E-state index is -2.17. The fraction of sp³-hybridized carbons (Fsp3) is 0.500. The van der Waals surface area contributed by atoms with Crippen molar-refractivity contribution in [3.63, 3.8) is 0 Å². The van der Waals surface area contributed by atoms with Gasteiger partial charge in [-0.1, -0.05) is 32.4 Å². The number of ketones is 1. The summed E-state index contributed by atoms with van der Waals surface area (Å²) >= 11 is 0. The Balaban J connectivity index is -0.00000108. The summed E-state index contributed by atoms with van der Waals surface area (Å²) in [5.74, 6) is -1.16. The average molecular weight is 428 g/mol. The largest absolute Gasteiger partial charge is 0.377 e. The molecule has 0 aromatic rings. The van der Waals surface area contributed by atoms with Gasteiger partial charge < -0.3 is 10.2 Å². The van der Waals surface area contributed by atoms with Crippen LogP contribution in [0.3, 0.4) is 0 Å². The van der Waals surface area contributed by atoms with E-state index >= 15 is 0 Å². The van der Waals surface area contributed by atoms with Crippen molar-refractivity contribution in [1.82, 2.24) is 15.1 Å². The van der Waals surface area contributed by atoms with Gasteiger partial charge in [0.1, 0.15) is 5.57 Å². The molecule has 0 rings (SSSR count). The topological polar surface area (TPSA) is 69.7 Å². The molecule has 0 heterocycles. The number of carbonyl (C=O) groups is 3. The molecule has 8 heteroatoms. The Labute approximate surface area is 179 Å². The molecule has 170 valence electrons. The normalized spacial score (nSPS) is 10.2. The number of alkyl halides is 2. The summed E-state index contributed by atoms with van der Waals surface area (Å²) in [6, 6.07) is -0.587. The van der Waals surface area contributed by atoms with E-state index in [4.69, 9.17) is 0 Å². The van der Waals surface area contributed by atoms with Crippen LogP contribution in [0.15, 0.2) is 36.6 Å². The van der Waals surface area contributed by atoms with Crippen LogP contribution in [0.25, 0.3) is 0 Å². The van der Waals surface area contributed by atoms with E-state index in [2.05, 4.69) is 38.2 Å². The van der Waals surface area contributed by atoms with Crippen molar-refractivity contribution in [3.05, 3.63) is 36.6 Å². The molecular weight excluding hydrogens is 392 g/mol. The molecule has 0 bridgehead atoms. The number of urea groups is 1. The molecule has 30 heavy (non-hydrogen) atoms. The number of carbonyl (C=O) groups excluding carboxylic acids is 3. The molecule has 0 saturated carbocycles. The van der Waals surface area contributed by atoms with Crippen LogP contribution < -0.4 is 5.32 Å². The van der Waals surface area contributed by atoms with E-state index in [1.54, 1.807) is 6.92 Å². The van der Waals surface area contributed by atoms with Crippen molar-refractivity contribution < 1.29 is 23.2 Å². The molecule has 0 aromatic carbocycles. The summed E-state index contributed by atoms with van der Waals surface area (Å²) in [6.45, 7) is 12.4. The van der Waals surface area contributed by atoms with Gasteiger partial charge in [0.2, 0.25) is 6.43 Å². The third kappa shape index (κ3) is 13.3. The van der Waals surface area contributed by atoms with E-state index in [0.717, 1.165) is 43.7 Å². The predicted molar refractivity (Wildman–Crippen MR) is 118 cm³/mol. The van der Waals surface area contributed by atoms with E-state index in [0.29, 0.717) is 5.70 Å². The lowest BCUT2D eigenvalue weighted by molar-refractivity contribution is -0.126. The molecule has 0 unspecified atom stereocenters. The zero-order chi connectivity index (χ0) is 24.3. The van der Waals surface area contributed by atoms with E-state index in [1.807, 2.05) is 11.9 Å². The zero-order valence-electron chi connectivity index (χ0n) is 18.7. The van der Waals surface area contributed by atoms with Crippen molar-refractivity contribution in [2.45, 2.75) is 46.5 Å². The number of unbranched alkanes of at least 4 members (excludes halogenated alkanes) is 2. The number of nitrogens with one attached hydrogen (secondary N) is 1. The van der Waals surface area contributed by atoms with Crippen molar-refractivity contribution in [2.75, 3.05) is 27.2 Å². The Kier molecular flexibility index (Phi) is 20.5. The van der Waals surface area contributed by atoms with Crippen molar-refractivity contribution >= 4 is 17.7 Å². The summed E-state index contributed by atoms with van der Waals surface area (Å²) in [4.78, 5) is 39.8. The smallest absolute Gasteiger partial charge is 0.324 e. The molecule has 0 atom stereocenters. The van der Waals surface area contributed by atoms with Crippen LogP contribution in [-0.4, -0.2) is 61.1 Å². The second-order valence-corrected chi connectivity index (χ2v) is 5.94. The minimum absolute atomic E-state index is 0.0132. The molecule has 3 amide bonds. The predicted octanol–water partition coefficient (Wildman–Crippen LogP) is 4.01. The third-order valence-electron chi connectivity index (χ3n) is 3.69. The van der Waals surface area contributed by atoms with E-state index in [9.17, 15) is 23.2 Å². The number of allylic oxidation sites excluding steroid dienone is 2. The summed E-state index contributed by atoms with van der Waals surface area (Å²) in [7, 11) is 3.25. The van der Waals surface area contributed by atoms with Crippen LogP contribution >= 0.6 is 0 Å². The van der Waals surface area contributed by atoms with Crippen molar-refractivity contribution in [1.29, 1.82) is 0 Å². The summed E-state index contributed by atoms with van der Waals surface area (Å²) in [5.41, 5.74) is 0.480. The van der Waals surface area contributed by atoms with Gasteiger partial charge in [0.15, 0.2) is 5.78 Å². The first-order valence-electron chi connectivity index (χ1n) is 9.43. The average Bonchev–Trinajstić information content (AvgIpc) is 2.72. The molecule has 1 N–H and O–H groups in total. The molecule has 0 aliphatic heterocycles. The van der Waals surface area contributed by atoms with Gasteiger partial charge in [-0.2, -0.15) is 0 Å². The van der Waals surface area contributed by atoms with E-state index in [1.165, 1.54) is 13.1 Å². The highest BCUT2D eigenvalue weighted by Crippen LogP contribution is 2.15. The summed E-state index contributed by atoms with van der Waals surface area (Å²) in [6.07, 6.45) is 11.5. The monoisotopic (exact) mass is 427 g/mol. The Morgan fingerprint density at radius 2 is 1.67 bits per heavy atom. The number of nitrogens with zero attached hydrogens (tertiary/aromatic N) is 2. The zero-order valence-corrected chi connectivity index (χ0v) is 18.7. The molecule has 0 spiro atoms. The SMILES string of the molecule is C#C.C=CCN(C(=O)NC)C(=O)/C(C(=O)C=C)=C(\C)N(C)CCCCC.CC(F)F. The number of hydrogen-bond donors (Lipinski definition) is 1. The van der Waals surface area contributed by atoms with Crippen LogP contribution in [0.4, 0.5) is 13.6 Å². The highest BCUT2D eigenvalue weighted by molar-refractivity contribution is 6.25. The number of rotatable bonds is 10. The number of hydrogen-bond acceptors (Lipinski definition) is 4. The van der Waals surface area contributed by atoms with E-state index < -0.39 is 24.1 Å². The quantitative estimate of drug-likeness (QED) is 0.143. The number of amides is 3. The standard InChI is InChI=1S/C18H29N3O3.C2H4F2.C2H2/c1-7-10-11-13-20(6)14(4)16(15(22)9-3)17(23)21(12-8-2)18(24)19-5;1-2(3)4;1-2/h8-9H,2-3,7,10-13H2,1,4-6H3,(H,19,24);2H,1H3;1-2H/b16-14+;;. The fourth-order valence-electron chi connectivity index (χ4n) is 2.16. The van der Waals surface area contributed by atoms with Gasteiger partial charge in [-0.25, -0.2) is 13.6 Å². The molecule has 0 aromatic heterocycles. The van der Waals surface area contributed by atoms with Gasteiger partial charge in [0.25, 0.3) is 5.91 Å². The lowest BCUT2D eigenvalue weighted by Gasteiger charge is -2.25. The molecule has 0 aliphatic carbocycles. The van der Waals surface area contributed by atoms with Gasteiger partial charge in [-0.3, -0.25) is 14.5 Å². The second-order valence-electron chi connectivity index (χ2n) is 5.94. The number of halogens is 2. The fourth-order valence-corrected chi connectivity index (χ4v) is 2.16. The van der Waals surface area contributed by atoms with E-state index in [-0.39, 0.29) is 12.1 Å². The molecule has 6 nitrogen and oxygen atoms in total. The Bertz CT molecular complexity index is 611. The molecule has 0 fully saturated rings. The van der Waals surface area contributed by atoms with Gasteiger partial charge in [-0.15, -0.1) is 19.4 Å². The van der Waals surface area contributed by atoms with Gasteiger partial charge in [-0.05, 0) is 26.3 Å². The maximum absolute atomic E-state index is 12.8. The highest BCUT2D eigenvalue weighted by Gasteiger charge is 2.28. The molecule has 0 aliphatic rings. The molecule has 0 radical (unpaired) electrons. The number of terminal acetylenes is 1. The maximum Gasteiger partial charge on any atom is 0.324 e. The lowest BCUT2D eigenvalue weighted by atomic mass is 10.1.